The number of hydrogen-bond acceptors (Lipinski definition) is 2. The summed E-state index contributed by atoms with van der Waals surface area (Å²) in [6.45, 7) is 0. The van der Waals surface area contributed by atoms with Gasteiger partial charge in [0.1, 0.15) is 0 Å². The average Bonchev–Trinajstić information content (AvgIpc) is 2.55. The van der Waals surface area contributed by atoms with Gasteiger partial charge in [0.15, 0.2) is 23.3 Å². The molecule has 0 spiro atoms. The number of para-hydroxylation sites is 1. The highest BCUT2D eigenvalue weighted by molar-refractivity contribution is 5.90. The molecule has 0 saturated carbocycles. The number of carbonyl (C=O) groups excluding carboxylic acids is 1. The fraction of sp³-hybridized carbons (Fsp3) is 0. The van der Waals surface area contributed by atoms with Crippen LogP contribution in [0, 0.1) is 29.1 Å². The first kappa shape index (κ1) is 16.4. The number of amides is 2. The van der Waals surface area contributed by atoms with Crippen LogP contribution in [0.5, 0.6) is 0 Å². The van der Waals surface area contributed by atoms with Crippen LogP contribution in [0.4, 0.5) is 32.4 Å². The number of urea groups is 1. The highest BCUT2D eigenvalue weighted by Crippen LogP contribution is 2.21. The number of nitrogens with zero attached hydrogens (tertiary/aromatic N) is 1. The van der Waals surface area contributed by atoms with Crippen LogP contribution in [0.2, 0.25) is 0 Å². The summed E-state index contributed by atoms with van der Waals surface area (Å²) in [4.78, 5) is 11.4. The van der Waals surface area contributed by atoms with Crippen molar-refractivity contribution in [1.29, 1.82) is 0 Å². The molecule has 120 valence electrons. The molecule has 9 heteroatoms. The van der Waals surface area contributed by atoms with Crippen molar-refractivity contribution in [3.05, 3.63) is 65.0 Å². The molecule has 2 amide bonds. The summed E-state index contributed by atoms with van der Waals surface area (Å²) in [5.41, 5.74) is 0.986. The topological polar surface area (TPSA) is 53.5 Å². The number of hydrazone groups is 1. The van der Waals surface area contributed by atoms with E-state index in [0.29, 0.717) is 11.9 Å². The molecule has 0 fully saturated rings. The van der Waals surface area contributed by atoms with Crippen molar-refractivity contribution in [3.63, 3.8) is 0 Å². The van der Waals surface area contributed by atoms with Crippen LogP contribution >= 0.6 is 0 Å². The predicted molar refractivity (Wildman–Crippen MR) is 72.4 cm³/mol. The van der Waals surface area contributed by atoms with Gasteiger partial charge in [-0.05, 0) is 12.1 Å². The Balaban J connectivity index is 2.11. The number of rotatable bonds is 3. The van der Waals surface area contributed by atoms with Gasteiger partial charge in [-0.3, -0.25) is 0 Å². The third-order valence-electron chi connectivity index (χ3n) is 2.64. The highest BCUT2D eigenvalue weighted by Gasteiger charge is 2.24. The van der Waals surface area contributed by atoms with Crippen molar-refractivity contribution in [3.8, 4) is 0 Å². The zero-order valence-corrected chi connectivity index (χ0v) is 11.2. The predicted octanol–water partition coefficient (Wildman–Crippen LogP) is 3.54. The molecule has 0 radical (unpaired) electrons. The van der Waals surface area contributed by atoms with E-state index in [1.807, 2.05) is 5.43 Å². The Labute approximate surface area is 126 Å². The summed E-state index contributed by atoms with van der Waals surface area (Å²) in [5.74, 6) is -10.6. The van der Waals surface area contributed by atoms with E-state index >= 15 is 0 Å². The van der Waals surface area contributed by atoms with Crippen LogP contribution in [0.1, 0.15) is 5.56 Å². The Hall–Kier alpha value is -2.97. The summed E-state index contributed by atoms with van der Waals surface area (Å²) in [5, 5.41) is 5.48. The van der Waals surface area contributed by atoms with Gasteiger partial charge in [0.2, 0.25) is 5.82 Å². The SMILES string of the molecule is O=C(N/N=C/c1c(F)c(F)c(F)c(F)c1F)Nc1ccccc1. The Morgan fingerprint density at radius 3 is 1.96 bits per heavy atom. The molecule has 0 aromatic heterocycles. The van der Waals surface area contributed by atoms with Gasteiger partial charge in [-0.2, -0.15) is 5.10 Å². The molecule has 0 atom stereocenters. The first-order valence-electron chi connectivity index (χ1n) is 6.08. The van der Waals surface area contributed by atoms with Gasteiger partial charge < -0.3 is 5.32 Å². The van der Waals surface area contributed by atoms with Gasteiger partial charge in [0.05, 0.1) is 11.8 Å². The van der Waals surface area contributed by atoms with Crippen molar-refractivity contribution in [2.45, 2.75) is 0 Å². The standard InChI is InChI=1S/C14H8F5N3O/c15-9-8(10(16)12(18)13(19)11(9)17)6-20-22-14(23)21-7-4-2-1-3-5-7/h1-6H,(H2,21,22,23)/b20-6+. The van der Waals surface area contributed by atoms with Gasteiger partial charge in [-0.1, -0.05) is 18.2 Å². The Morgan fingerprint density at radius 2 is 1.39 bits per heavy atom. The maximum absolute atomic E-state index is 13.3. The smallest absolute Gasteiger partial charge is 0.307 e. The van der Waals surface area contributed by atoms with Gasteiger partial charge in [-0.25, -0.2) is 32.2 Å². The lowest BCUT2D eigenvalue weighted by Crippen LogP contribution is -2.24. The molecule has 0 unspecified atom stereocenters. The number of anilines is 1. The van der Waals surface area contributed by atoms with Gasteiger partial charge >= 0.3 is 6.03 Å². The van der Waals surface area contributed by atoms with Crippen molar-refractivity contribution < 1.29 is 26.7 Å². The molecule has 4 nitrogen and oxygen atoms in total. The summed E-state index contributed by atoms with van der Waals surface area (Å²) in [6, 6.07) is 7.27. The van der Waals surface area contributed by atoms with Gasteiger partial charge in [-0.15, -0.1) is 0 Å². The second-order valence-corrected chi connectivity index (χ2v) is 4.17. The van der Waals surface area contributed by atoms with Crippen LogP contribution < -0.4 is 10.7 Å². The molecule has 0 aliphatic heterocycles. The largest absolute Gasteiger partial charge is 0.339 e. The Morgan fingerprint density at radius 1 is 0.870 bits per heavy atom. The fourth-order valence-electron chi connectivity index (χ4n) is 1.57. The van der Waals surface area contributed by atoms with E-state index in [4.69, 9.17) is 0 Å². The highest BCUT2D eigenvalue weighted by atomic mass is 19.2. The molecule has 0 heterocycles. The van der Waals surface area contributed by atoms with Crippen molar-refractivity contribution in [2.75, 3.05) is 5.32 Å². The zero-order valence-electron chi connectivity index (χ0n) is 11.2. The van der Waals surface area contributed by atoms with Gasteiger partial charge in [0, 0.05) is 5.69 Å². The van der Waals surface area contributed by atoms with Crippen LogP contribution in [0.25, 0.3) is 0 Å². The van der Waals surface area contributed by atoms with Crippen molar-refractivity contribution >= 4 is 17.9 Å². The summed E-state index contributed by atoms with van der Waals surface area (Å²) in [6.07, 6.45) is 0.320. The van der Waals surface area contributed by atoms with E-state index in [1.54, 1.807) is 30.3 Å². The number of benzene rings is 2. The van der Waals surface area contributed by atoms with Crippen LogP contribution in [-0.2, 0) is 0 Å². The molecule has 0 aliphatic rings. The maximum atomic E-state index is 13.3. The van der Waals surface area contributed by atoms with E-state index in [9.17, 15) is 26.7 Å². The van der Waals surface area contributed by atoms with Crippen molar-refractivity contribution in [2.24, 2.45) is 5.10 Å². The number of carbonyl (C=O) groups is 1. The monoisotopic (exact) mass is 329 g/mol. The van der Waals surface area contributed by atoms with E-state index < -0.39 is 40.7 Å². The Kier molecular flexibility index (Phi) is 4.89. The summed E-state index contributed by atoms with van der Waals surface area (Å²) >= 11 is 0. The molecule has 0 saturated heterocycles. The third kappa shape index (κ3) is 3.62. The first-order valence-corrected chi connectivity index (χ1v) is 6.08. The quantitative estimate of drug-likeness (QED) is 0.292. The van der Waals surface area contributed by atoms with Gasteiger partial charge in [0.25, 0.3) is 0 Å². The van der Waals surface area contributed by atoms with Crippen LogP contribution in [0.15, 0.2) is 35.4 Å². The van der Waals surface area contributed by atoms with Crippen LogP contribution in [-0.4, -0.2) is 12.2 Å². The molecular weight excluding hydrogens is 321 g/mol. The minimum atomic E-state index is -2.27. The van der Waals surface area contributed by atoms with E-state index in [2.05, 4.69) is 10.4 Å². The molecule has 0 aliphatic carbocycles. The third-order valence-corrected chi connectivity index (χ3v) is 2.64. The molecule has 2 rings (SSSR count). The molecule has 2 aromatic carbocycles. The summed E-state index contributed by atoms with van der Waals surface area (Å²) in [7, 11) is 0. The Bertz CT molecular complexity index is 736. The summed E-state index contributed by atoms with van der Waals surface area (Å²) < 4.78 is 65.4. The number of nitrogens with one attached hydrogen (secondary N) is 2. The lowest BCUT2D eigenvalue weighted by atomic mass is 10.2. The normalized spacial score (nSPS) is 10.8. The molecular formula is C14H8F5N3O. The van der Waals surface area contributed by atoms with Crippen LogP contribution in [0.3, 0.4) is 0 Å². The molecule has 23 heavy (non-hydrogen) atoms. The van der Waals surface area contributed by atoms with E-state index in [-0.39, 0.29) is 0 Å². The minimum absolute atomic E-state index is 0.320. The lowest BCUT2D eigenvalue weighted by Gasteiger charge is -2.05. The second-order valence-electron chi connectivity index (χ2n) is 4.17. The maximum Gasteiger partial charge on any atom is 0.339 e. The second kappa shape index (κ2) is 6.86. The zero-order chi connectivity index (χ0) is 17.0. The van der Waals surface area contributed by atoms with E-state index in [1.165, 1.54) is 0 Å². The molecule has 2 aromatic rings. The molecule has 2 N–H and O–H groups in total. The average molecular weight is 329 g/mol. The molecule has 0 bridgehead atoms. The number of halogens is 5. The first-order chi connectivity index (χ1) is 10.9. The van der Waals surface area contributed by atoms with E-state index in [0.717, 1.165) is 0 Å². The number of hydrogen-bond donors (Lipinski definition) is 2. The van der Waals surface area contributed by atoms with Crippen molar-refractivity contribution in [1.82, 2.24) is 5.43 Å². The lowest BCUT2D eigenvalue weighted by molar-refractivity contribution is 0.252. The fourth-order valence-corrected chi connectivity index (χ4v) is 1.57. The minimum Gasteiger partial charge on any atom is -0.307 e.